The van der Waals surface area contributed by atoms with E-state index < -0.39 is 6.10 Å². The molecule has 0 saturated carbocycles. The lowest BCUT2D eigenvalue weighted by Crippen LogP contribution is -2.38. The molecule has 2 heterocycles. The van der Waals surface area contributed by atoms with Gasteiger partial charge in [-0.1, -0.05) is 53.9 Å². The number of hydrogen-bond donors (Lipinski definition) is 2. The minimum absolute atomic E-state index is 0.0476. The molecule has 26 heavy (non-hydrogen) atoms. The van der Waals surface area contributed by atoms with Gasteiger partial charge in [-0.2, -0.15) is 0 Å². The summed E-state index contributed by atoms with van der Waals surface area (Å²) in [4.78, 5) is 4.76. The van der Waals surface area contributed by atoms with Crippen LogP contribution in [-0.4, -0.2) is 22.7 Å². The Morgan fingerprint density at radius 2 is 1.88 bits per heavy atom. The third-order valence-corrected chi connectivity index (χ3v) is 5.57. The Kier molecular flexibility index (Phi) is 5.14. The molecule has 2 N–H and O–H groups in total. The number of fused-ring (bicyclic) bond motifs is 1. The van der Waals surface area contributed by atoms with E-state index in [1.165, 1.54) is 0 Å². The molecule has 0 amide bonds. The maximum atomic E-state index is 11.1. The van der Waals surface area contributed by atoms with Crippen molar-refractivity contribution in [3.8, 4) is 11.3 Å². The second-order valence-electron chi connectivity index (χ2n) is 6.74. The number of para-hydroxylation sites is 1. The number of benzene rings is 2. The van der Waals surface area contributed by atoms with Crippen molar-refractivity contribution in [2.75, 3.05) is 6.54 Å². The highest BCUT2D eigenvalue weighted by Crippen LogP contribution is 2.34. The maximum Gasteiger partial charge on any atom is 0.0950 e. The average molecular weight is 387 g/mol. The van der Waals surface area contributed by atoms with Gasteiger partial charge >= 0.3 is 0 Å². The van der Waals surface area contributed by atoms with Gasteiger partial charge in [0.15, 0.2) is 0 Å². The number of nitrogens with zero attached hydrogens (tertiary/aromatic N) is 1. The van der Waals surface area contributed by atoms with Crippen LogP contribution in [0.4, 0.5) is 0 Å². The molecule has 1 aromatic heterocycles. The van der Waals surface area contributed by atoms with E-state index >= 15 is 0 Å². The molecule has 0 aliphatic carbocycles. The summed E-state index contributed by atoms with van der Waals surface area (Å²) in [5, 5.41) is 16.7. The van der Waals surface area contributed by atoms with Crippen molar-refractivity contribution in [1.82, 2.24) is 10.3 Å². The van der Waals surface area contributed by atoms with Gasteiger partial charge in [-0.3, -0.25) is 0 Å². The Morgan fingerprint density at radius 3 is 2.62 bits per heavy atom. The van der Waals surface area contributed by atoms with E-state index in [1.54, 1.807) is 0 Å². The first-order chi connectivity index (χ1) is 12.6. The number of aliphatic hydroxyl groups is 1. The normalized spacial score (nSPS) is 18.8. The molecule has 134 valence electrons. The molecule has 1 saturated heterocycles. The van der Waals surface area contributed by atoms with Crippen molar-refractivity contribution in [3.05, 3.63) is 64.1 Å². The molecule has 5 heteroatoms. The fourth-order valence-corrected chi connectivity index (χ4v) is 3.96. The van der Waals surface area contributed by atoms with E-state index in [0.29, 0.717) is 15.6 Å². The summed E-state index contributed by atoms with van der Waals surface area (Å²) in [7, 11) is 0. The van der Waals surface area contributed by atoms with Crippen LogP contribution in [0.25, 0.3) is 22.2 Å². The van der Waals surface area contributed by atoms with Crippen LogP contribution < -0.4 is 5.32 Å². The van der Waals surface area contributed by atoms with Crippen LogP contribution in [0.15, 0.2) is 48.5 Å². The van der Waals surface area contributed by atoms with Crippen LogP contribution in [-0.2, 0) is 0 Å². The average Bonchev–Trinajstić information content (AvgIpc) is 2.68. The quantitative estimate of drug-likeness (QED) is 0.634. The highest BCUT2D eigenvalue weighted by molar-refractivity contribution is 6.35. The van der Waals surface area contributed by atoms with E-state index in [1.807, 2.05) is 48.5 Å². The molecule has 2 atom stereocenters. The third kappa shape index (κ3) is 3.45. The van der Waals surface area contributed by atoms with Gasteiger partial charge in [0.05, 0.1) is 22.3 Å². The number of rotatable bonds is 3. The lowest BCUT2D eigenvalue weighted by Gasteiger charge is -2.29. The predicted molar refractivity (Wildman–Crippen MR) is 108 cm³/mol. The van der Waals surface area contributed by atoms with Gasteiger partial charge in [0.2, 0.25) is 0 Å². The van der Waals surface area contributed by atoms with Crippen LogP contribution in [0, 0.1) is 0 Å². The smallest absolute Gasteiger partial charge is 0.0950 e. The minimum Gasteiger partial charge on any atom is -0.387 e. The van der Waals surface area contributed by atoms with Crippen molar-refractivity contribution in [2.45, 2.75) is 31.4 Å². The summed E-state index contributed by atoms with van der Waals surface area (Å²) in [5.41, 5.74) is 3.31. The highest BCUT2D eigenvalue weighted by Gasteiger charge is 2.25. The van der Waals surface area contributed by atoms with Crippen LogP contribution in [0.5, 0.6) is 0 Å². The van der Waals surface area contributed by atoms with Gasteiger partial charge in [0.25, 0.3) is 0 Å². The fourth-order valence-electron chi connectivity index (χ4n) is 3.62. The monoisotopic (exact) mass is 386 g/mol. The Balaban J connectivity index is 1.86. The van der Waals surface area contributed by atoms with Crippen LogP contribution >= 0.6 is 23.2 Å². The lowest BCUT2D eigenvalue weighted by atomic mass is 9.92. The highest BCUT2D eigenvalue weighted by atomic mass is 35.5. The first-order valence-corrected chi connectivity index (χ1v) is 9.65. The second kappa shape index (κ2) is 7.53. The molecule has 0 bridgehead atoms. The van der Waals surface area contributed by atoms with Crippen molar-refractivity contribution in [3.63, 3.8) is 0 Å². The zero-order valence-electron chi connectivity index (χ0n) is 14.3. The van der Waals surface area contributed by atoms with Crippen molar-refractivity contribution >= 4 is 34.1 Å². The molecule has 4 rings (SSSR count). The molecule has 3 nitrogen and oxygen atoms in total. The second-order valence-corrected chi connectivity index (χ2v) is 7.58. The van der Waals surface area contributed by atoms with Gasteiger partial charge < -0.3 is 10.4 Å². The summed E-state index contributed by atoms with van der Waals surface area (Å²) in [6.07, 6.45) is 2.64. The van der Waals surface area contributed by atoms with E-state index in [-0.39, 0.29) is 6.04 Å². The van der Waals surface area contributed by atoms with E-state index in [2.05, 4.69) is 5.32 Å². The molecule has 1 fully saturated rings. The number of piperidine rings is 1. The SMILES string of the molecule is O[C@H](c1cc(-c2ccc(Cl)cc2)nc2c(Cl)cccc12)[C@H]1CCCCN1. The van der Waals surface area contributed by atoms with Crippen molar-refractivity contribution in [2.24, 2.45) is 0 Å². The number of aromatic nitrogens is 1. The topological polar surface area (TPSA) is 45.2 Å². The summed E-state index contributed by atoms with van der Waals surface area (Å²) in [6.45, 7) is 0.940. The van der Waals surface area contributed by atoms with E-state index in [9.17, 15) is 5.11 Å². The molecule has 0 unspecified atom stereocenters. The first-order valence-electron chi connectivity index (χ1n) is 8.90. The van der Waals surface area contributed by atoms with Crippen molar-refractivity contribution < 1.29 is 5.11 Å². The Labute approximate surface area is 163 Å². The number of halogens is 2. The zero-order valence-corrected chi connectivity index (χ0v) is 15.8. The Morgan fingerprint density at radius 1 is 1.08 bits per heavy atom. The van der Waals surface area contributed by atoms with Gasteiger partial charge in [-0.05, 0) is 49.2 Å². The number of pyridine rings is 1. The van der Waals surface area contributed by atoms with Crippen LogP contribution in [0.3, 0.4) is 0 Å². The molecule has 2 aromatic carbocycles. The van der Waals surface area contributed by atoms with Crippen LogP contribution in [0.1, 0.15) is 30.9 Å². The Bertz CT molecular complexity index is 921. The standard InChI is InChI=1S/C21H20Cl2N2O/c22-14-9-7-13(8-10-14)19-12-16(21(26)18-6-1-2-11-24-18)15-4-3-5-17(23)20(15)25-19/h3-5,7-10,12,18,21,24,26H,1-2,6,11H2/t18-,21-/m1/s1. The Hall–Kier alpha value is -1.65. The van der Waals surface area contributed by atoms with Gasteiger partial charge in [-0.15, -0.1) is 0 Å². The molecule has 3 aromatic rings. The predicted octanol–water partition coefficient (Wildman–Crippen LogP) is 5.38. The first kappa shape index (κ1) is 17.7. The van der Waals surface area contributed by atoms with Gasteiger partial charge in [0.1, 0.15) is 0 Å². The molecule has 1 aliphatic heterocycles. The van der Waals surface area contributed by atoms with Gasteiger partial charge in [-0.25, -0.2) is 4.98 Å². The van der Waals surface area contributed by atoms with E-state index in [4.69, 9.17) is 28.2 Å². The third-order valence-electron chi connectivity index (χ3n) is 5.01. The molecular weight excluding hydrogens is 367 g/mol. The zero-order chi connectivity index (χ0) is 18.1. The largest absolute Gasteiger partial charge is 0.387 e. The summed E-state index contributed by atoms with van der Waals surface area (Å²) in [5.74, 6) is 0. The maximum absolute atomic E-state index is 11.1. The summed E-state index contributed by atoms with van der Waals surface area (Å²) >= 11 is 12.4. The lowest BCUT2D eigenvalue weighted by molar-refractivity contribution is 0.115. The number of hydrogen-bond acceptors (Lipinski definition) is 3. The van der Waals surface area contributed by atoms with Crippen molar-refractivity contribution in [1.29, 1.82) is 0 Å². The number of aliphatic hydroxyl groups excluding tert-OH is 1. The molecule has 0 radical (unpaired) electrons. The van der Waals surface area contributed by atoms with Gasteiger partial charge in [0, 0.05) is 22.0 Å². The molecular formula is C21H20Cl2N2O. The molecule has 0 spiro atoms. The fraction of sp³-hybridized carbons (Fsp3) is 0.286. The summed E-state index contributed by atoms with van der Waals surface area (Å²) in [6, 6.07) is 15.3. The van der Waals surface area contributed by atoms with Crippen LogP contribution in [0.2, 0.25) is 10.0 Å². The number of nitrogens with one attached hydrogen (secondary N) is 1. The molecule has 1 aliphatic rings. The minimum atomic E-state index is -0.606. The van der Waals surface area contributed by atoms with E-state index in [0.717, 1.165) is 48.0 Å². The summed E-state index contributed by atoms with van der Waals surface area (Å²) < 4.78 is 0.